The Balaban J connectivity index is 2.78. The second-order valence-corrected chi connectivity index (χ2v) is 7.36. The van der Waals surface area contributed by atoms with Crippen molar-refractivity contribution < 1.29 is 39.3 Å². The number of nitrogens with one attached hydrogen (secondary N) is 4. The van der Waals surface area contributed by atoms with Gasteiger partial charge in [0.15, 0.2) is 0 Å². The molecule has 1 rings (SSSR count). The molecule has 14 nitrogen and oxygen atoms in total. The summed E-state index contributed by atoms with van der Waals surface area (Å²) in [6.07, 6.45) is 2.13. The average Bonchev–Trinajstić information content (AvgIpc) is 3.21. The summed E-state index contributed by atoms with van der Waals surface area (Å²) in [5, 5.41) is 34.1. The number of carboxylic acids is 2. The molecule has 0 aliphatic carbocycles. The number of rotatable bonds is 13. The lowest BCUT2D eigenvalue weighted by Crippen LogP contribution is -2.59. The Kier molecular flexibility index (Phi) is 10.2. The molecule has 0 aromatic carbocycles. The second-order valence-electron chi connectivity index (χ2n) is 7.36. The fourth-order valence-electron chi connectivity index (χ4n) is 2.62. The monoisotopic (exact) mass is 456 g/mol. The van der Waals surface area contributed by atoms with Crippen LogP contribution in [0.1, 0.15) is 26.0 Å². The Hall–Kier alpha value is -3.52. The zero-order chi connectivity index (χ0) is 24.4. The summed E-state index contributed by atoms with van der Waals surface area (Å²) in [6, 6.07) is -5.44. The number of nitrogens with two attached hydrogens (primary N) is 1. The van der Waals surface area contributed by atoms with Crippen LogP contribution in [0.3, 0.4) is 0 Å². The predicted molar refractivity (Wildman–Crippen MR) is 108 cm³/mol. The third kappa shape index (κ3) is 8.31. The predicted octanol–water partition coefficient (Wildman–Crippen LogP) is -3.06. The van der Waals surface area contributed by atoms with Crippen molar-refractivity contribution in [3.63, 3.8) is 0 Å². The average molecular weight is 456 g/mol. The minimum atomic E-state index is -1.70. The van der Waals surface area contributed by atoms with Gasteiger partial charge in [-0.25, -0.2) is 9.78 Å². The summed E-state index contributed by atoms with van der Waals surface area (Å²) in [6.45, 7) is 2.33. The number of aromatic amines is 1. The SMILES string of the molecule is CC(C)C(NC(=O)C(CO)NC(=O)C(N)Cc1cnc[nH]1)C(=O)NC(CC(=O)O)C(=O)O. The molecule has 0 saturated carbocycles. The van der Waals surface area contributed by atoms with E-state index in [1.807, 2.05) is 0 Å². The molecular weight excluding hydrogens is 428 g/mol. The van der Waals surface area contributed by atoms with E-state index in [4.69, 9.17) is 15.9 Å². The molecule has 1 aromatic heterocycles. The van der Waals surface area contributed by atoms with Gasteiger partial charge in [-0.1, -0.05) is 13.8 Å². The summed E-state index contributed by atoms with van der Waals surface area (Å²) in [5.41, 5.74) is 6.38. The molecule has 0 fully saturated rings. The van der Waals surface area contributed by atoms with Crippen LogP contribution in [-0.4, -0.2) is 85.7 Å². The first-order chi connectivity index (χ1) is 15.0. The molecule has 9 N–H and O–H groups in total. The van der Waals surface area contributed by atoms with E-state index in [0.29, 0.717) is 5.69 Å². The molecule has 178 valence electrons. The van der Waals surface area contributed by atoms with E-state index in [1.165, 1.54) is 12.5 Å². The standard InChI is InChI=1S/C18H28N6O8/c1-8(2)14(17(30)22-11(18(31)32)4-13(26)27)24-16(29)12(6-25)23-15(28)10(19)3-9-5-20-7-21-9/h5,7-8,10-12,14,25H,3-4,6,19H2,1-2H3,(H,20,21)(H,22,30)(H,23,28)(H,24,29)(H,26,27)(H,31,32). The van der Waals surface area contributed by atoms with E-state index in [9.17, 15) is 29.1 Å². The van der Waals surface area contributed by atoms with Gasteiger partial charge in [-0.3, -0.25) is 19.2 Å². The number of hydrogen-bond acceptors (Lipinski definition) is 8. The summed E-state index contributed by atoms with van der Waals surface area (Å²) in [5.74, 6) is -6.09. The molecule has 0 aliphatic heterocycles. The third-order valence-corrected chi connectivity index (χ3v) is 4.39. The summed E-state index contributed by atoms with van der Waals surface area (Å²) in [4.78, 5) is 65.8. The smallest absolute Gasteiger partial charge is 0.326 e. The lowest BCUT2D eigenvalue weighted by atomic mass is 10.0. The number of hydrogen-bond donors (Lipinski definition) is 8. The minimum Gasteiger partial charge on any atom is -0.481 e. The van der Waals surface area contributed by atoms with E-state index < -0.39 is 72.8 Å². The van der Waals surface area contributed by atoms with Crippen molar-refractivity contribution in [1.82, 2.24) is 25.9 Å². The molecular formula is C18H28N6O8. The van der Waals surface area contributed by atoms with E-state index in [0.717, 1.165) is 0 Å². The van der Waals surface area contributed by atoms with Crippen molar-refractivity contribution >= 4 is 29.7 Å². The maximum absolute atomic E-state index is 12.5. The lowest BCUT2D eigenvalue weighted by molar-refractivity contribution is -0.147. The van der Waals surface area contributed by atoms with Gasteiger partial charge in [-0.15, -0.1) is 0 Å². The van der Waals surface area contributed by atoms with Crippen LogP contribution in [0.15, 0.2) is 12.5 Å². The number of aromatic nitrogens is 2. The van der Waals surface area contributed by atoms with Gasteiger partial charge in [0.2, 0.25) is 17.7 Å². The molecule has 3 amide bonds. The van der Waals surface area contributed by atoms with Crippen LogP contribution in [0, 0.1) is 5.92 Å². The van der Waals surface area contributed by atoms with Crippen LogP contribution in [0.4, 0.5) is 0 Å². The Morgan fingerprint density at radius 1 is 1.03 bits per heavy atom. The molecule has 14 heteroatoms. The number of aliphatic hydroxyl groups excluding tert-OH is 1. The lowest BCUT2D eigenvalue weighted by Gasteiger charge is -2.26. The van der Waals surface area contributed by atoms with Crippen molar-refractivity contribution in [3.8, 4) is 0 Å². The Morgan fingerprint density at radius 2 is 1.66 bits per heavy atom. The Bertz CT molecular complexity index is 812. The maximum atomic E-state index is 12.5. The molecule has 1 aromatic rings. The molecule has 0 spiro atoms. The summed E-state index contributed by atoms with van der Waals surface area (Å²) in [7, 11) is 0. The number of carbonyl (C=O) groups excluding carboxylic acids is 3. The van der Waals surface area contributed by atoms with Gasteiger partial charge >= 0.3 is 11.9 Å². The van der Waals surface area contributed by atoms with Gasteiger partial charge in [0.05, 0.1) is 25.4 Å². The van der Waals surface area contributed by atoms with E-state index in [-0.39, 0.29) is 6.42 Å². The van der Waals surface area contributed by atoms with Crippen LogP contribution >= 0.6 is 0 Å². The van der Waals surface area contributed by atoms with Crippen LogP contribution in [0.25, 0.3) is 0 Å². The highest BCUT2D eigenvalue weighted by molar-refractivity contribution is 5.94. The normalized spacial score (nSPS) is 14.7. The number of aliphatic hydroxyl groups is 1. The zero-order valence-electron chi connectivity index (χ0n) is 17.6. The quantitative estimate of drug-likeness (QED) is 0.149. The van der Waals surface area contributed by atoms with E-state index >= 15 is 0 Å². The van der Waals surface area contributed by atoms with Crippen molar-refractivity contribution in [3.05, 3.63) is 18.2 Å². The van der Waals surface area contributed by atoms with Crippen LogP contribution < -0.4 is 21.7 Å². The number of aliphatic carboxylic acids is 2. The summed E-state index contributed by atoms with van der Waals surface area (Å²) < 4.78 is 0. The van der Waals surface area contributed by atoms with Gasteiger partial charge in [0.25, 0.3) is 0 Å². The molecule has 0 bridgehead atoms. The number of carbonyl (C=O) groups is 5. The molecule has 0 saturated heterocycles. The van der Waals surface area contributed by atoms with Gasteiger partial charge in [-0.05, 0) is 5.92 Å². The number of H-pyrrole nitrogens is 1. The van der Waals surface area contributed by atoms with Gasteiger partial charge in [0.1, 0.15) is 18.1 Å². The first kappa shape index (κ1) is 26.5. The fourth-order valence-corrected chi connectivity index (χ4v) is 2.62. The topological polar surface area (TPSA) is 237 Å². The van der Waals surface area contributed by atoms with Crippen LogP contribution in [-0.2, 0) is 30.4 Å². The number of nitrogens with zero attached hydrogens (tertiary/aromatic N) is 1. The number of amides is 3. The molecule has 32 heavy (non-hydrogen) atoms. The largest absolute Gasteiger partial charge is 0.481 e. The van der Waals surface area contributed by atoms with Crippen LogP contribution in [0.2, 0.25) is 0 Å². The second kappa shape index (κ2) is 12.4. The molecule has 0 aliphatic rings. The van der Waals surface area contributed by atoms with Crippen molar-refractivity contribution in [2.45, 2.75) is 50.9 Å². The van der Waals surface area contributed by atoms with Gasteiger partial charge < -0.3 is 42.0 Å². The van der Waals surface area contributed by atoms with Crippen molar-refractivity contribution in [2.24, 2.45) is 11.7 Å². The summed E-state index contributed by atoms with van der Waals surface area (Å²) >= 11 is 0. The number of imidazole rings is 1. The molecule has 4 atom stereocenters. The molecule has 1 heterocycles. The highest BCUT2D eigenvalue weighted by atomic mass is 16.4. The molecule has 4 unspecified atom stereocenters. The maximum Gasteiger partial charge on any atom is 0.326 e. The van der Waals surface area contributed by atoms with E-state index in [1.54, 1.807) is 13.8 Å². The van der Waals surface area contributed by atoms with Crippen LogP contribution in [0.5, 0.6) is 0 Å². The fraction of sp³-hybridized carbons (Fsp3) is 0.556. The highest BCUT2D eigenvalue weighted by Crippen LogP contribution is 2.05. The highest BCUT2D eigenvalue weighted by Gasteiger charge is 2.32. The Labute approximate surface area is 183 Å². The zero-order valence-corrected chi connectivity index (χ0v) is 17.6. The first-order valence-electron chi connectivity index (χ1n) is 9.65. The molecule has 0 radical (unpaired) electrons. The third-order valence-electron chi connectivity index (χ3n) is 4.39. The first-order valence-corrected chi connectivity index (χ1v) is 9.65. The van der Waals surface area contributed by atoms with Gasteiger partial charge in [-0.2, -0.15) is 0 Å². The van der Waals surface area contributed by atoms with Crippen molar-refractivity contribution in [1.29, 1.82) is 0 Å². The Morgan fingerprint density at radius 3 is 2.12 bits per heavy atom. The van der Waals surface area contributed by atoms with Crippen molar-refractivity contribution in [2.75, 3.05) is 6.61 Å². The minimum absolute atomic E-state index is 0.1000. The van der Waals surface area contributed by atoms with E-state index in [2.05, 4.69) is 25.9 Å². The number of carboxylic acid groups (broad SMARTS) is 2. The van der Waals surface area contributed by atoms with Gasteiger partial charge in [0, 0.05) is 18.3 Å².